The van der Waals surface area contributed by atoms with Crippen molar-refractivity contribution in [3.8, 4) is 0 Å². The summed E-state index contributed by atoms with van der Waals surface area (Å²) in [5, 5.41) is 3.54. The van der Waals surface area contributed by atoms with E-state index >= 15 is 0 Å². The van der Waals surface area contributed by atoms with Gasteiger partial charge in [0.15, 0.2) is 0 Å². The fraction of sp³-hybridized carbons (Fsp3) is 1.00. The van der Waals surface area contributed by atoms with Gasteiger partial charge in [-0.15, -0.1) is 0 Å². The van der Waals surface area contributed by atoms with Gasteiger partial charge in [0.25, 0.3) is 0 Å². The lowest BCUT2D eigenvalue weighted by Crippen LogP contribution is -2.27. The number of hydrogen-bond donors (Lipinski definition) is 1. The Kier molecular flexibility index (Phi) is 15.3. The minimum Gasteiger partial charge on any atom is -0.383 e. The second-order valence-corrected chi connectivity index (χ2v) is 6.60. The topological polar surface area (TPSA) is 21.3 Å². The van der Waals surface area contributed by atoms with Gasteiger partial charge in [-0.3, -0.25) is 0 Å². The summed E-state index contributed by atoms with van der Waals surface area (Å²) in [5.74, 6) is 1.66. The van der Waals surface area contributed by atoms with Gasteiger partial charge >= 0.3 is 0 Å². The Morgan fingerprint density at radius 3 is 2.20 bits per heavy atom. The van der Waals surface area contributed by atoms with Gasteiger partial charge < -0.3 is 10.1 Å². The van der Waals surface area contributed by atoms with Gasteiger partial charge in [-0.2, -0.15) is 0 Å². The van der Waals surface area contributed by atoms with Crippen LogP contribution in [0, 0.1) is 11.8 Å². The minimum absolute atomic E-state index is 0.814. The molecule has 0 rings (SSSR count). The maximum atomic E-state index is 5.09. The third-order valence-corrected chi connectivity index (χ3v) is 3.94. The third kappa shape index (κ3) is 14.3. The predicted octanol–water partition coefficient (Wildman–Crippen LogP) is 5.03. The quantitative estimate of drug-likeness (QED) is 0.426. The number of rotatable bonds is 15. The van der Waals surface area contributed by atoms with E-state index in [1.54, 1.807) is 7.11 Å². The molecular formula is C18H39NO. The van der Waals surface area contributed by atoms with Crippen molar-refractivity contribution in [3.63, 3.8) is 0 Å². The molecule has 0 saturated heterocycles. The fourth-order valence-corrected chi connectivity index (χ4v) is 2.84. The Morgan fingerprint density at radius 2 is 1.60 bits per heavy atom. The molecule has 0 aromatic heterocycles. The zero-order chi connectivity index (χ0) is 15.1. The average molecular weight is 286 g/mol. The summed E-state index contributed by atoms with van der Waals surface area (Å²) < 4.78 is 5.09. The molecule has 20 heavy (non-hydrogen) atoms. The Labute approximate surface area is 128 Å². The van der Waals surface area contributed by atoms with Crippen LogP contribution in [0.4, 0.5) is 0 Å². The zero-order valence-corrected chi connectivity index (χ0v) is 14.5. The van der Waals surface area contributed by atoms with Gasteiger partial charge in [-0.1, -0.05) is 65.7 Å². The van der Waals surface area contributed by atoms with E-state index < -0.39 is 0 Å². The largest absolute Gasteiger partial charge is 0.383 e. The highest BCUT2D eigenvalue weighted by molar-refractivity contribution is 4.65. The standard InChI is InChI=1S/C18H39NO/c1-5-6-7-8-9-10-11-12-18(15-17(2)3)16-19-13-14-20-4/h17-19H,5-16H2,1-4H3. The SMILES string of the molecule is CCCCCCCCCC(CNCCOC)CC(C)C. The molecule has 0 bridgehead atoms. The molecule has 0 aromatic carbocycles. The van der Waals surface area contributed by atoms with Crippen molar-refractivity contribution < 1.29 is 4.74 Å². The van der Waals surface area contributed by atoms with Gasteiger partial charge in [0, 0.05) is 13.7 Å². The van der Waals surface area contributed by atoms with Crippen LogP contribution >= 0.6 is 0 Å². The molecule has 0 aliphatic rings. The Balaban J connectivity index is 3.59. The van der Waals surface area contributed by atoms with Crippen LogP contribution in [-0.4, -0.2) is 26.8 Å². The molecule has 1 N–H and O–H groups in total. The zero-order valence-electron chi connectivity index (χ0n) is 14.5. The van der Waals surface area contributed by atoms with Crippen LogP contribution in [0.15, 0.2) is 0 Å². The number of nitrogens with one attached hydrogen (secondary N) is 1. The van der Waals surface area contributed by atoms with E-state index in [4.69, 9.17) is 4.74 Å². The summed E-state index contributed by atoms with van der Waals surface area (Å²) in [7, 11) is 1.77. The van der Waals surface area contributed by atoms with Crippen LogP contribution in [-0.2, 0) is 4.74 Å². The number of unbranched alkanes of at least 4 members (excludes halogenated alkanes) is 6. The lowest BCUT2D eigenvalue weighted by molar-refractivity contribution is 0.196. The number of methoxy groups -OCH3 is 1. The molecule has 0 radical (unpaired) electrons. The van der Waals surface area contributed by atoms with E-state index in [1.807, 2.05) is 0 Å². The smallest absolute Gasteiger partial charge is 0.0587 e. The van der Waals surface area contributed by atoms with Crippen molar-refractivity contribution >= 4 is 0 Å². The first kappa shape index (κ1) is 19.9. The summed E-state index contributed by atoms with van der Waals surface area (Å²) in [6.45, 7) is 9.94. The summed E-state index contributed by atoms with van der Waals surface area (Å²) >= 11 is 0. The van der Waals surface area contributed by atoms with Crippen molar-refractivity contribution in [1.82, 2.24) is 5.32 Å². The van der Waals surface area contributed by atoms with Crippen LogP contribution < -0.4 is 5.32 Å². The molecule has 0 amide bonds. The van der Waals surface area contributed by atoms with E-state index in [0.29, 0.717) is 0 Å². The number of hydrogen-bond acceptors (Lipinski definition) is 2. The summed E-state index contributed by atoms with van der Waals surface area (Å²) in [4.78, 5) is 0. The lowest BCUT2D eigenvalue weighted by atomic mass is 9.91. The Bertz CT molecular complexity index is 182. The highest BCUT2D eigenvalue weighted by Gasteiger charge is 2.10. The Morgan fingerprint density at radius 1 is 0.950 bits per heavy atom. The summed E-state index contributed by atoms with van der Waals surface area (Å²) in [5.41, 5.74) is 0. The molecule has 2 nitrogen and oxygen atoms in total. The van der Waals surface area contributed by atoms with Gasteiger partial charge in [0.2, 0.25) is 0 Å². The van der Waals surface area contributed by atoms with Crippen molar-refractivity contribution in [2.45, 2.75) is 78.6 Å². The molecule has 0 aliphatic carbocycles. The molecule has 0 aliphatic heterocycles. The third-order valence-electron chi connectivity index (χ3n) is 3.94. The molecular weight excluding hydrogens is 246 g/mol. The second-order valence-electron chi connectivity index (χ2n) is 6.60. The summed E-state index contributed by atoms with van der Waals surface area (Å²) in [6, 6.07) is 0. The van der Waals surface area contributed by atoms with E-state index in [1.165, 1.54) is 57.8 Å². The first-order valence-electron chi connectivity index (χ1n) is 8.90. The molecule has 1 unspecified atom stereocenters. The van der Waals surface area contributed by atoms with E-state index in [9.17, 15) is 0 Å². The monoisotopic (exact) mass is 285 g/mol. The van der Waals surface area contributed by atoms with Crippen molar-refractivity contribution in [1.29, 1.82) is 0 Å². The second kappa shape index (κ2) is 15.3. The average Bonchev–Trinajstić information content (AvgIpc) is 2.41. The molecule has 1 atom stereocenters. The van der Waals surface area contributed by atoms with E-state index in [-0.39, 0.29) is 0 Å². The number of ether oxygens (including phenoxy) is 1. The van der Waals surface area contributed by atoms with Crippen molar-refractivity contribution in [3.05, 3.63) is 0 Å². The van der Waals surface area contributed by atoms with Gasteiger partial charge in [0.05, 0.1) is 6.61 Å². The van der Waals surface area contributed by atoms with Gasteiger partial charge in [-0.05, 0) is 31.2 Å². The fourth-order valence-electron chi connectivity index (χ4n) is 2.84. The normalized spacial score (nSPS) is 13.1. The maximum absolute atomic E-state index is 5.09. The molecule has 2 heteroatoms. The van der Waals surface area contributed by atoms with Crippen molar-refractivity contribution in [2.24, 2.45) is 11.8 Å². The van der Waals surface area contributed by atoms with Gasteiger partial charge in [-0.25, -0.2) is 0 Å². The highest BCUT2D eigenvalue weighted by Crippen LogP contribution is 2.19. The van der Waals surface area contributed by atoms with Crippen LogP contribution in [0.2, 0.25) is 0 Å². The van der Waals surface area contributed by atoms with Crippen molar-refractivity contribution in [2.75, 3.05) is 26.8 Å². The van der Waals surface area contributed by atoms with Gasteiger partial charge in [0.1, 0.15) is 0 Å². The Hall–Kier alpha value is -0.0800. The van der Waals surface area contributed by atoms with E-state index in [0.717, 1.165) is 31.5 Å². The maximum Gasteiger partial charge on any atom is 0.0587 e. The molecule has 0 heterocycles. The van der Waals surface area contributed by atoms with Crippen LogP contribution in [0.25, 0.3) is 0 Å². The molecule has 0 saturated carbocycles. The predicted molar refractivity (Wildman–Crippen MR) is 90.3 cm³/mol. The van der Waals surface area contributed by atoms with E-state index in [2.05, 4.69) is 26.1 Å². The molecule has 0 aromatic rings. The molecule has 122 valence electrons. The minimum atomic E-state index is 0.814. The molecule has 0 spiro atoms. The highest BCUT2D eigenvalue weighted by atomic mass is 16.5. The lowest BCUT2D eigenvalue weighted by Gasteiger charge is -2.19. The van der Waals surface area contributed by atoms with Crippen LogP contribution in [0.3, 0.4) is 0 Å². The van der Waals surface area contributed by atoms with Crippen LogP contribution in [0.1, 0.15) is 78.6 Å². The first-order chi connectivity index (χ1) is 9.70. The van der Waals surface area contributed by atoms with Crippen LogP contribution in [0.5, 0.6) is 0 Å². The first-order valence-corrected chi connectivity index (χ1v) is 8.90. The molecule has 0 fully saturated rings. The summed E-state index contributed by atoms with van der Waals surface area (Å²) in [6.07, 6.45) is 12.7.